The summed E-state index contributed by atoms with van der Waals surface area (Å²) >= 11 is 0. The van der Waals surface area contributed by atoms with Crippen LogP contribution in [0.4, 0.5) is 4.39 Å². The summed E-state index contributed by atoms with van der Waals surface area (Å²) in [5.41, 5.74) is 0.408. The van der Waals surface area contributed by atoms with Crippen molar-refractivity contribution in [3.05, 3.63) is 29.6 Å². The van der Waals surface area contributed by atoms with Crippen molar-refractivity contribution in [2.75, 3.05) is 0 Å². The van der Waals surface area contributed by atoms with Crippen molar-refractivity contribution in [2.24, 2.45) is 0 Å². The van der Waals surface area contributed by atoms with E-state index in [1.165, 1.54) is 18.2 Å². The summed E-state index contributed by atoms with van der Waals surface area (Å²) in [6.45, 7) is 0.378. The molecule has 0 heterocycles. The van der Waals surface area contributed by atoms with Gasteiger partial charge in [0.15, 0.2) is 0 Å². The predicted octanol–water partition coefficient (Wildman–Crippen LogP) is 1.52. The Morgan fingerprint density at radius 1 is 1.16 bits per heavy atom. The van der Waals surface area contributed by atoms with Crippen LogP contribution in [0.15, 0.2) is 23.1 Å². The molecule has 2 aliphatic carbocycles. The van der Waals surface area contributed by atoms with Crippen molar-refractivity contribution in [3.8, 4) is 0 Å². The normalized spacial score (nSPS) is 19.6. The topological polar surface area (TPSA) is 58.2 Å². The van der Waals surface area contributed by atoms with Crippen LogP contribution in [0, 0.1) is 5.82 Å². The van der Waals surface area contributed by atoms with Gasteiger partial charge in [-0.25, -0.2) is 17.5 Å². The molecule has 3 rings (SSSR count). The van der Waals surface area contributed by atoms with Gasteiger partial charge in [0, 0.05) is 24.2 Å². The second kappa shape index (κ2) is 4.85. The van der Waals surface area contributed by atoms with Crippen LogP contribution in [-0.2, 0) is 16.6 Å². The minimum absolute atomic E-state index is 0.0584. The third-order valence-corrected chi connectivity index (χ3v) is 4.90. The van der Waals surface area contributed by atoms with E-state index >= 15 is 0 Å². The van der Waals surface area contributed by atoms with Gasteiger partial charge in [0.2, 0.25) is 10.0 Å². The second-order valence-electron chi connectivity index (χ2n) is 5.30. The Bertz CT molecular complexity index is 580. The van der Waals surface area contributed by atoms with Gasteiger partial charge in [0.25, 0.3) is 0 Å². The fourth-order valence-corrected chi connectivity index (χ4v) is 3.24. The number of sulfonamides is 1. The van der Waals surface area contributed by atoms with E-state index in [0.717, 1.165) is 25.7 Å². The number of hydrogen-bond acceptors (Lipinski definition) is 3. The Hall–Kier alpha value is -0.980. The lowest BCUT2D eigenvalue weighted by Crippen LogP contribution is -2.26. The average molecular weight is 284 g/mol. The van der Waals surface area contributed by atoms with Crippen LogP contribution >= 0.6 is 0 Å². The maximum atomic E-state index is 13.6. The highest BCUT2D eigenvalue weighted by atomic mass is 32.2. The third-order valence-electron chi connectivity index (χ3n) is 3.39. The zero-order chi connectivity index (χ0) is 13.5. The maximum absolute atomic E-state index is 13.6. The van der Waals surface area contributed by atoms with Crippen LogP contribution in [0.25, 0.3) is 0 Å². The minimum atomic E-state index is -3.50. The Kier molecular flexibility index (Phi) is 3.32. The fraction of sp³-hybridized carbons (Fsp3) is 0.538. The summed E-state index contributed by atoms with van der Waals surface area (Å²) < 4.78 is 40.3. The number of benzene rings is 1. The zero-order valence-corrected chi connectivity index (χ0v) is 11.3. The first-order valence-corrected chi connectivity index (χ1v) is 8.07. The van der Waals surface area contributed by atoms with Crippen molar-refractivity contribution in [2.45, 2.75) is 49.2 Å². The molecule has 0 bridgehead atoms. The molecule has 0 spiro atoms. The summed E-state index contributed by atoms with van der Waals surface area (Å²) in [6.07, 6.45) is 4.00. The molecule has 2 N–H and O–H groups in total. The largest absolute Gasteiger partial charge is 0.310 e. The fourth-order valence-electron chi connectivity index (χ4n) is 1.88. The van der Waals surface area contributed by atoms with Crippen LogP contribution in [-0.4, -0.2) is 20.5 Å². The highest BCUT2D eigenvalue weighted by Crippen LogP contribution is 2.24. The summed E-state index contributed by atoms with van der Waals surface area (Å²) in [4.78, 5) is 0.147. The molecule has 0 saturated heterocycles. The molecular weight excluding hydrogens is 267 g/mol. The highest BCUT2D eigenvalue weighted by Gasteiger charge is 2.28. The number of hydrogen-bond donors (Lipinski definition) is 2. The zero-order valence-electron chi connectivity index (χ0n) is 10.5. The monoisotopic (exact) mass is 284 g/mol. The van der Waals surface area contributed by atoms with E-state index in [2.05, 4.69) is 10.0 Å². The maximum Gasteiger partial charge on any atom is 0.240 e. The summed E-state index contributed by atoms with van der Waals surface area (Å²) in [5, 5.41) is 3.19. The summed E-state index contributed by atoms with van der Waals surface area (Å²) in [5.74, 6) is -0.362. The molecular formula is C13H17FN2O2S. The number of rotatable bonds is 6. The van der Waals surface area contributed by atoms with Gasteiger partial charge in [-0.15, -0.1) is 0 Å². The van der Waals surface area contributed by atoms with Crippen LogP contribution < -0.4 is 10.0 Å². The lowest BCUT2D eigenvalue weighted by atomic mass is 10.2. The Morgan fingerprint density at radius 2 is 1.84 bits per heavy atom. The summed E-state index contributed by atoms with van der Waals surface area (Å²) in [6, 6.07) is 4.49. The van der Waals surface area contributed by atoms with Crippen molar-refractivity contribution in [1.29, 1.82) is 0 Å². The Labute approximate surface area is 112 Å². The van der Waals surface area contributed by atoms with Crippen LogP contribution in [0.2, 0.25) is 0 Å². The van der Waals surface area contributed by atoms with Crippen molar-refractivity contribution >= 4 is 10.0 Å². The van der Waals surface area contributed by atoms with E-state index in [-0.39, 0.29) is 16.8 Å². The second-order valence-corrected chi connectivity index (χ2v) is 7.02. The van der Waals surface area contributed by atoms with Gasteiger partial charge in [0.05, 0.1) is 4.90 Å². The van der Waals surface area contributed by atoms with Gasteiger partial charge in [-0.2, -0.15) is 0 Å². The van der Waals surface area contributed by atoms with Gasteiger partial charge in [-0.3, -0.25) is 0 Å². The van der Waals surface area contributed by atoms with Crippen molar-refractivity contribution in [3.63, 3.8) is 0 Å². The van der Waals surface area contributed by atoms with Gasteiger partial charge in [-0.1, -0.05) is 0 Å². The van der Waals surface area contributed by atoms with Gasteiger partial charge in [0.1, 0.15) is 5.82 Å². The van der Waals surface area contributed by atoms with E-state index in [1.54, 1.807) is 0 Å². The number of halogens is 1. The lowest BCUT2D eigenvalue weighted by Gasteiger charge is -2.09. The first-order chi connectivity index (χ1) is 9.04. The molecule has 1 aromatic carbocycles. The van der Waals surface area contributed by atoms with Gasteiger partial charge < -0.3 is 5.32 Å². The first-order valence-electron chi connectivity index (χ1n) is 6.59. The van der Waals surface area contributed by atoms with Crippen LogP contribution in [0.1, 0.15) is 31.2 Å². The van der Waals surface area contributed by atoms with Crippen LogP contribution in [0.3, 0.4) is 0 Å². The van der Waals surface area contributed by atoms with Gasteiger partial charge >= 0.3 is 0 Å². The molecule has 4 nitrogen and oxygen atoms in total. The molecule has 1 aromatic rings. The molecule has 0 atom stereocenters. The third kappa shape index (κ3) is 3.32. The molecule has 0 aliphatic heterocycles. The van der Waals surface area contributed by atoms with E-state index in [1.807, 2.05) is 0 Å². The first kappa shape index (κ1) is 13.0. The summed E-state index contributed by atoms with van der Waals surface area (Å²) in [7, 11) is -3.50. The molecule has 0 unspecified atom stereocenters. The molecule has 2 fully saturated rings. The Balaban J connectivity index is 1.78. The SMILES string of the molecule is O=S(=O)(NC1CC1)c1ccc(F)c(CNC2CC2)c1. The minimum Gasteiger partial charge on any atom is -0.310 e. The lowest BCUT2D eigenvalue weighted by molar-refractivity contribution is 0.574. The average Bonchev–Trinajstić information content (AvgIpc) is 3.22. The molecule has 2 saturated carbocycles. The molecule has 0 amide bonds. The number of nitrogens with one attached hydrogen (secondary N) is 2. The smallest absolute Gasteiger partial charge is 0.240 e. The quantitative estimate of drug-likeness (QED) is 0.832. The van der Waals surface area contributed by atoms with Crippen molar-refractivity contribution < 1.29 is 12.8 Å². The predicted molar refractivity (Wildman–Crippen MR) is 69.6 cm³/mol. The van der Waals surface area contributed by atoms with E-state index in [0.29, 0.717) is 18.2 Å². The molecule has 19 heavy (non-hydrogen) atoms. The van der Waals surface area contributed by atoms with Crippen molar-refractivity contribution in [1.82, 2.24) is 10.0 Å². The highest BCUT2D eigenvalue weighted by molar-refractivity contribution is 7.89. The van der Waals surface area contributed by atoms with E-state index in [4.69, 9.17) is 0 Å². The molecule has 0 radical (unpaired) electrons. The Morgan fingerprint density at radius 3 is 2.47 bits per heavy atom. The van der Waals surface area contributed by atoms with E-state index < -0.39 is 10.0 Å². The van der Waals surface area contributed by atoms with Gasteiger partial charge in [-0.05, 0) is 43.9 Å². The molecule has 104 valence electrons. The van der Waals surface area contributed by atoms with E-state index in [9.17, 15) is 12.8 Å². The van der Waals surface area contributed by atoms with Crippen LogP contribution in [0.5, 0.6) is 0 Å². The molecule has 6 heteroatoms. The standard InChI is InChI=1S/C13H17FN2O2S/c14-13-6-5-12(19(17,18)16-11-3-4-11)7-9(13)8-15-10-1-2-10/h5-7,10-11,15-16H,1-4,8H2. The molecule has 0 aromatic heterocycles. The molecule has 2 aliphatic rings.